The monoisotopic (exact) mass is 329 g/mol. The van der Waals surface area contributed by atoms with Crippen molar-refractivity contribution in [1.29, 1.82) is 0 Å². The third-order valence-corrected chi connectivity index (χ3v) is 3.57. The highest BCUT2D eigenvalue weighted by atomic mass is 16.4. The second kappa shape index (κ2) is 5.95. The smallest absolute Gasteiger partial charge is 0.404 e. The average molecular weight is 329 g/mol. The van der Waals surface area contributed by atoms with Gasteiger partial charge < -0.3 is 30.9 Å². The number of nitrogens with two attached hydrogens (primary N) is 2. The van der Waals surface area contributed by atoms with Gasteiger partial charge in [-0.1, -0.05) is 12.2 Å². The number of nitrogens with zero attached hydrogens (tertiary/aromatic N) is 2. The van der Waals surface area contributed by atoms with Gasteiger partial charge in [-0.15, -0.1) is 0 Å². The maximum atomic E-state index is 11.6. The van der Waals surface area contributed by atoms with Crippen molar-refractivity contribution in [3.8, 4) is 0 Å². The van der Waals surface area contributed by atoms with Crippen LogP contribution in [-0.2, 0) is 6.54 Å². The predicted octanol–water partition coefficient (Wildman–Crippen LogP) is 1.29. The molecule has 2 heterocycles. The van der Waals surface area contributed by atoms with E-state index in [4.69, 9.17) is 21.0 Å². The number of aromatic nitrogens is 2. The third-order valence-electron chi connectivity index (χ3n) is 3.57. The first kappa shape index (κ1) is 15.4. The van der Waals surface area contributed by atoms with Gasteiger partial charge in [0.15, 0.2) is 5.58 Å². The van der Waals surface area contributed by atoms with Crippen LogP contribution in [0, 0.1) is 0 Å². The molecule has 0 bridgehead atoms. The molecule has 2 amide bonds. The molecule has 0 atom stereocenters. The zero-order valence-corrected chi connectivity index (χ0v) is 12.5. The minimum atomic E-state index is -1.09. The van der Waals surface area contributed by atoms with Gasteiger partial charge in [0, 0.05) is 18.5 Å². The van der Waals surface area contributed by atoms with E-state index in [0.29, 0.717) is 34.1 Å². The summed E-state index contributed by atoms with van der Waals surface area (Å²) in [4.78, 5) is 26.2. The second-order valence-electron chi connectivity index (χ2n) is 5.06. The van der Waals surface area contributed by atoms with Gasteiger partial charge >= 0.3 is 6.09 Å². The number of fused-ring (bicyclic) bond motifs is 3. The molecule has 0 aliphatic carbocycles. The van der Waals surface area contributed by atoms with Gasteiger partial charge in [0.25, 0.3) is 0 Å². The van der Waals surface area contributed by atoms with Crippen molar-refractivity contribution in [1.82, 2.24) is 14.9 Å². The maximum Gasteiger partial charge on any atom is 0.404 e. The van der Waals surface area contributed by atoms with Gasteiger partial charge in [-0.2, -0.15) is 0 Å². The summed E-state index contributed by atoms with van der Waals surface area (Å²) in [6.07, 6.45) is 3.79. The Labute approximate surface area is 135 Å². The highest BCUT2D eigenvalue weighted by Crippen LogP contribution is 2.31. The van der Waals surface area contributed by atoms with E-state index in [-0.39, 0.29) is 12.5 Å². The van der Waals surface area contributed by atoms with Gasteiger partial charge in [0.2, 0.25) is 11.9 Å². The molecule has 9 heteroatoms. The van der Waals surface area contributed by atoms with Gasteiger partial charge in [-0.05, 0) is 12.1 Å². The highest BCUT2D eigenvalue weighted by molar-refractivity contribution is 6.13. The fraction of sp³-hybridized carbons (Fsp3) is 0.133. The number of benzene rings is 1. The van der Waals surface area contributed by atoms with Crippen LogP contribution in [-0.4, -0.2) is 33.2 Å². The Hall–Kier alpha value is -3.49. The van der Waals surface area contributed by atoms with E-state index in [1.807, 2.05) is 0 Å². The van der Waals surface area contributed by atoms with Gasteiger partial charge in [0.1, 0.15) is 5.52 Å². The number of carboxylic acid groups (broad SMARTS) is 1. The summed E-state index contributed by atoms with van der Waals surface area (Å²) in [6.45, 7) is 0.555. The second-order valence-corrected chi connectivity index (χ2v) is 5.06. The number of allylic oxidation sites excluding steroid dienone is 1. The quantitative estimate of drug-likeness (QED) is 0.518. The van der Waals surface area contributed by atoms with Crippen LogP contribution in [0.25, 0.3) is 22.0 Å². The van der Waals surface area contributed by atoms with E-state index in [9.17, 15) is 9.59 Å². The van der Waals surface area contributed by atoms with Crippen molar-refractivity contribution >= 4 is 40.0 Å². The van der Waals surface area contributed by atoms with Crippen molar-refractivity contribution in [3.05, 3.63) is 36.1 Å². The summed E-state index contributed by atoms with van der Waals surface area (Å²) in [7, 11) is 0. The van der Waals surface area contributed by atoms with Crippen LogP contribution in [0.2, 0.25) is 0 Å². The lowest BCUT2D eigenvalue weighted by Gasteiger charge is -2.04. The van der Waals surface area contributed by atoms with E-state index in [1.54, 1.807) is 28.9 Å². The fourth-order valence-electron chi connectivity index (χ4n) is 2.55. The molecule has 3 aromatic rings. The number of hydrogen-bond donors (Lipinski definition) is 4. The Morgan fingerprint density at radius 2 is 2.21 bits per heavy atom. The minimum Gasteiger partial charge on any atom is -0.465 e. The number of furan rings is 1. The molecular formula is C15H15N5O4. The van der Waals surface area contributed by atoms with Crippen LogP contribution < -0.4 is 16.8 Å². The van der Waals surface area contributed by atoms with Crippen LogP contribution >= 0.6 is 0 Å². The molecule has 9 nitrogen and oxygen atoms in total. The zero-order valence-electron chi connectivity index (χ0n) is 12.5. The Balaban J connectivity index is 2.03. The molecule has 0 aliphatic rings. The van der Waals surface area contributed by atoms with Crippen LogP contribution in [0.3, 0.4) is 0 Å². The fourth-order valence-corrected chi connectivity index (χ4v) is 2.55. The van der Waals surface area contributed by atoms with Gasteiger partial charge in [-0.3, -0.25) is 4.79 Å². The average Bonchev–Trinajstić information content (AvgIpc) is 3.09. The summed E-state index contributed by atoms with van der Waals surface area (Å²) in [5.41, 5.74) is 13.3. The summed E-state index contributed by atoms with van der Waals surface area (Å²) < 4.78 is 7.21. The summed E-state index contributed by atoms with van der Waals surface area (Å²) in [5.74, 6) is -0.323. The summed E-state index contributed by atoms with van der Waals surface area (Å²) >= 11 is 0. The van der Waals surface area contributed by atoms with E-state index in [2.05, 4.69) is 10.3 Å². The normalized spacial score (nSPS) is 11.5. The molecule has 0 saturated heterocycles. The summed E-state index contributed by atoms with van der Waals surface area (Å²) in [5, 5.41) is 11.3. The molecule has 0 spiro atoms. The molecule has 6 N–H and O–H groups in total. The van der Waals surface area contributed by atoms with E-state index >= 15 is 0 Å². The Morgan fingerprint density at radius 1 is 1.42 bits per heavy atom. The van der Waals surface area contributed by atoms with Crippen LogP contribution in [0.4, 0.5) is 10.7 Å². The lowest BCUT2D eigenvalue weighted by Crippen LogP contribution is -2.20. The first-order valence-corrected chi connectivity index (χ1v) is 7.06. The molecule has 1 aromatic carbocycles. The number of nitrogen functional groups attached to an aromatic ring is 1. The van der Waals surface area contributed by atoms with Gasteiger partial charge in [0.05, 0.1) is 17.3 Å². The minimum absolute atomic E-state index is 0.184. The van der Waals surface area contributed by atoms with Crippen molar-refractivity contribution in [2.75, 3.05) is 12.3 Å². The predicted molar refractivity (Wildman–Crippen MR) is 87.6 cm³/mol. The summed E-state index contributed by atoms with van der Waals surface area (Å²) in [6, 6.07) is 3.24. The number of amides is 2. The Morgan fingerprint density at radius 3 is 2.92 bits per heavy atom. The van der Waals surface area contributed by atoms with E-state index in [0.717, 1.165) is 0 Å². The molecule has 2 aromatic heterocycles. The number of hydrogen-bond acceptors (Lipinski definition) is 5. The first-order valence-electron chi connectivity index (χ1n) is 7.06. The van der Waals surface area contributed by atoms with E-state index in [1.165, 1.54) is 6.26 Å². The number of nitrogens with one attached hydrogen (secondary N) is 1. The van der Waals surface area contributed by atoms with E-state index < -0.39 is 12.0 Å². The van der Waals surface area contributed by atoms with Crippen molar-refractivity contribution in [2.24, 2.45) is 5.73 Å². The largest absolute Gasteiger partial charge is 0.465 e. The molecule has 0 saturated carbocycles. The van der Waals surface area contributed by atoms with Crippen LogP contribution in [0.15, 0.2) is 35.0 Å². The maximum absolute atomic E-state index is 11.6. The molecule has 0 fully saturated rings. The van der Waals surface area contributed by atoms with Gasteiger partial charge in [-0.25, -0.2) is 9.78 Å². The molecule has 24 heavy (non-hydrogen) atoms. The number of rotatable bonds is 5. The molecule has 124 valence electrons. The third kappa shape index (κ3) is 2.62. The van der Waals surface area contributed by atoms with Crippen LogP contribution in [0.1, 0.15) is 10.4 Å². The molecule has 0 unspecified atom stereocenters. The number of carbonyl (C=O) groups is 2. The van der Waals surface area contributed by atoms with Crippen molar-refractivity contribution < 1.29 is 19.1 Å². The molecular weight excluding hydrogens is 314 g/mol. The molecule has 0 radical (unpaired) electrons. The first-order chi connectivity index (χ1) is 11.5. The molecule has 0 aliphatic heterocycles. The number of imidazole rings is 1. The number of carbonyl (C=O) groups excluding carboxylic acids is 1. The number of primary amides is 1. The van der Waals surface area contributed by atoms with Crippen molar-refractivity contribution in [2.45, 2.75) is 6.54 Å². The Bertz CT molecular complexity index is 969. The zero-order chi connectivity index (χ0) is 17.3. The Kier molecular flexibility index (Phi) is 3.82. The SMILES string of the molecule is NC(=O)c1cc2nc(N)n(C/C=C/CNC(=O)O)c2c2occc12. The lowest BCUT2D eigenvalue weighted by molar-refractivity contribution is 0.100. The molecule has 3 rings (SSSR count). The number of anilines is 1. The van der Waals surface area contributed by atoms with Crippen molar-refractivity contribution in [3.63, 3.8) is 0 Å². The topological polar surface area (TPSA) is 149 Å². The standard InChI is InChI=1S/C15H15N5O4/c16-13(21)9-7-10-11(12-8(9)3-6-24-12)20(14(17)19-10)5-2-1-4-18-15(22)23/h1-3,6-7,18H,4-5H2,(H2,16,21)(H2,17,19)(H,22,23)/b2-1+. The highest BCUT2D eigenvalue weighted by Gasteiger charge is 2.18. The van der Waals surface area contributed by atoms with Crippen LogP contribution in [0.5, 0.6) is 0 Å². The lowest BCUT2D eigenvalue weighted by atomic mass is 10.1.